The summed E-state index contributed by atoms with van der Waals surface area (Å²) in [6, 6.07) is 13.0. The summed E-state index contributed by atoms with van der Waals surface area (Å²) < 4.78 is 5.04. The summed E-state index contributed by atoms with van der Waals surface area (Å²) in [6.07, 6.45) is 3.51. The number of aliphatic hydroxyl groups excluding tert-OH is 1. The Morgan fingerprint density at radius 2 is 1.82 bits per heavy atom. The third kappa shape index (κ3) is 6.08. The van der Waals surface area contributed by atoms with Gasteiger partial charge in [0, 0.05) is 37.3 Å². The Balaban J connectivity index is 1.89. The molecular formula is C26H31N3O4. The molecule has 1 aliphatic heterocycles. The average molecular weight is 450 g/mol. The van der Waals surface area contributed by atoms with Gasteiger partial charge in [-0.25, -0.2) is 9.79 Å². The van der Waals surface area contributed by atoms with Crippen LogP contribution in [0.3, 0.4) is 0 Å². The molecule has 0 aromatic heterocycles. The molecule has 1 heterocycles. The smallest absolute Gasteiger partial charge is 0.338 e. The summed E-state index contributed by atoms with van der Waals surface area (Å²) in [4.78, 5) is 31.4. The minimum atomic E-state index is -0.346. The third-order valence-electron chi connectivity index (χ3n) is 5.37. The number of nitrogens with zero attached hydrogens (tertiary/aromatic N) is 2. The molecule has 174 valence electrons. The van der Waals surface area contributed by atoms with E-state index in [4.69, 9.17) is 15.6 Å². The Morgan fingerprint density at radius 3 is 2.48 bits per heavy atom. The molecule has 2 aromatic carbocycles. The van der Waals surface area contributed by atoms with Crippen molar-refractivity contribution in [2.45, 2.75) is 33.1 Å². The molecule has 0 fully saturated rings. The second kappa shape index (κ2) is 11.4. The molecule has 0 bridgehead atoms. The fourth-order valence-electron chi connectivity index (χ4n) is 3.77. The Morgan fingerprint density at radius 1 is 1.09 bits per heavy atom. The molecule has 1 aliphatic rings. The largest absolute Gasteiger partial charge is 0.462 e. The number of amides is 1. The third-order valence-corrected chi connectivity index (χ3v) is 5.37. The van der Waals surface area contributed by atoms with Crippen molar-refractivity contribution >= 4 is 29.5 Å². The molecule has 0 saturated carbocycles. The predicted octanol–water partition coefficient (Wildman–Crippen LogP) is 3.93. The second-order valence-electron chi connectivity index (χ2n) is 7.89. The minimum Gasteiger partial charge on any atom is -0.462 e. The predicted molar refractivity (Wildman–Crippen MR) is 130 cm³/mol. The van der Waals surface area contributed by atoms with Crippen LogP contribution in [-0.2, 0) is 9.53 Å². The molecule has 0 saturated heterocycles. The van der Waals surface area contributed by atoms with Crippen LogP contribution in [0.5, 0.6) is 0 Å². The SMILES string of the molecule is CCCN(CCCO)C(=O)C1=Cc2ccc(-c3ccc(C(=O)OCC)cc3)cc2N=C(N)C1. The van der Waals surface area contributed by atoms with Gasteiger partial charge in [0.15, 0.2) is 0 Å². The van der Waals surface area contributed by atoms with Crippen molar-refractivity contribution < 1.29 is 19.4 Å². The molecule has 0 atom stereocenters. The van der Waals surface area contributed by atoms with Gasteiger partial charge >= 0.3 is 5.97 Å². The van der Waals surface area contributed by atoms with E-state index < -0.39 is 0 Å². The number of hydrogen-bond acceptors (Lipinski definition) is 6. The van der Waals surface area contributed by atoms with Gasteiger partial charge in [0.1, 0.15) is 5.84 Å². The number of aliphatic imine (C=N–C) groups is 1. The van der Waals surface area contributed by atoms with Crippen LogP contribution in [0.15, 0.2) is 53.0 Å². The molecule has 0 radical (unpaired) electrons. The summed E-state index contributed by atoms with van der Waals surface area (Å²) in [6.45, 7) is 5.31. The van der Waals surface area contributed by atoms with Gasteiger partial charge in [0.25, 0.3) is 0 Å². The van der Waals surface area contributed by atoms with E-state index in [0.717, 1.165) is 23.1 Å². The van der Waals surface area contributed by atoms with Crippen molar-refractivity contribution in [3.63, 3.8) is 0 Å². The fraction of sp³-hybridized carbons (Fsp3) is 0.346. The number of carbonyl (C=O) groups is 2. The van der Waals surface area contributed by atoms with Crippen LogP contribution >= 0.6 is 0 Å². The number of ether oxygens (including phenoxy) is 1. The number of hydrogen-bond donors (Lipinski definition) is 2. The maximum atomic E-state index is 13.2. The maximum Gasteiger partial charge on any atom is 0.338 e. The topological polar surface area (TPSA) is 105 Å². The van der Waals surface area contributed by atoms with Gasteiger partial charge in [0.2, 0.25) is 5.91 Å². The number of aliphatic hydroxyl groups is 1. The van der Waals surface area contributed by atoms with Gasteiger partial charge in [-0.2, -0.15) is 0 Å². The van der Waals surface area contributed by atoms with Crippen LogP contribution in [0.4, 0.5) is 5.69 Å². The molecule has 0 unspecified atom stereocenters. The Bertz CT molecular complexity index is 1060. The van der Waals surface area contributed by atoms with E-state index in [2.05, 4.69) is 4.99 Å². The lowest BCUT2D eigenvalue weighted by Crippen LogP contribution is -2.35. The molecule has 7 heteroatoms. The highest BCUT2D eigenvalue weighted by Gasteiger charge is 2.21. The number of carbonyl (C=O) groups excluding carboxylic acids is 2. The monoisotopic (exact) mass is 449 g/mol. The first-order valence-corrected chi connectivity index (χ1v) is 11.3. The van der Waals surface area contributed by atoms with Gasteiger partial charge in [-0.3, -0.25) is 4.79 Å². The number of rotatable bonds is 9. The standard InChI is InChI=1S/C26H31N3O4/c1-3-12-29(13-5-14-30)25(31)22-15-21-11-10-20(16-23(21)28-24(27)17-22)18-6-8-19(9-7-18)26(32)33-4-2/h6-11,15-16,30H,3-5,12-14,17H2,1-2H3,(H2,27,28). The molecular weight excluding hydrogens is 418 g/mol. The normalized spacial score (nSPS) is 12.8. The van der Waals surface area contributed by atoms with E-state index in [1.54, 1.807) is 24.0 Å². The number of fused-ring (bicyclic) bond motifs is 1. The van der Waals surface area contributed by atoms with Gasteiger partial charge < -0.3 is 20.5 Å². The van der Waals surface area contributed by atoms with E-state index in [1.807, 2.05) is 43.3 Å². The fourth-order valence-corrected chi connectivity index (χ4v) is 3.77. The molecule has 33 heavy (non-hydrogen) atoms. The van der Waals surface area contributed by atoms with E-state index >= 15 is 0 Å². The lowest BCUT2D eigenvalue weighted by atomic mass is 10.00. The number of benzene rings is 2. The van der Waals surface area contributed by atoms with Gasteiger partial charge in [-0.05, 0) is 55.2 Å². The first-order valence-electron chi connectivity index (χ1n) is 11.3. The number of esters is 1. The number of nitrogens with two attached hydrogens (primary N) is 1. The van der Waals surface area contributed by atoms with Crippen LogP contribution in [0, 0.1) is 0 Å². The summed E-state index contributed by atoms with van der Waals surface area (Å²) in [5, 5.41) is 9.16. The summed E-state index contributed by atoms with van der Waals surface area (Å²) in [5.41, 5.74) is 10.6. The van der Waals surface area contributed by atoms with Gasteiger partial charge in [-0.15, -0.1) is 0 Å². The minimum absolute atomic E-state index is 0.0442. The quantitative estimate of drug-likeness (QED) is 0.565. The van der Waals surface area contributed by atoms with Crippen molar-refractivity contribution in [1.29, 1.82) is 0 Å². The van der Waals surface area contributed by atoms with Gasteiger partial charge in [-0.1, -0.05) is 31.2 Å². The van der Waals surface area contributed by atoms with Crippen LogP contribution in [0.25, 0.3) is 17.2 Å². The lowest BCUT2D eigenvalue weighted by molar-refractivity contribution is -0.127. The molecule has 2 aromatic rings. The summed E-state index contributed by atoms with van der Waals surface area (Å²) in [5.74, 6) is -0.0431. The highest BCUT2D eigenvalue weighted by Crippen LogP contribution is 2.32. The molecule has 0 spiro atoms. The Hall–Kier alpha value is -3.45. The maximum absolute atomic E-state index is 13.2. The Kier molecular flexibility index (Phi) is 8.38. The van der Waals surface area contributed by atoms with Crippen molar-refractivity contribution in [3.05, 3.63) is 59.2 Å². The number of amidine groups is 1. The summed E-state index contributed by atoms with van der Waals surface area (Å²) >= 11 is 0. The van der Waals surface area contributed by atoms with Crippen molar-refractivity contribution in [2.75, 3.05) is 26.3 Å². The first kappa shape index (κ1) is 24.2. The molecule has 3 rings (SSSR count). The van der Waals surface area contributed by atoms with Crippen molar-refractivity contribution in [1.82, 2.24) is 4.90 Å². The van der Waals surface area contributed by atoms with E-state index in [0.29, 0.717) is 48.8 Å². The van der Waals surface area contributed by atoms with E-state index in [1.165, 1.54) is 0 Å². The molecule has 0 aliphatic carbocycles. The van der Waals surface area contributed by atoms with E-state index in [9.17, 15) is 9.59 Å². The van der Waals surface area contributed by atoms with Crippen molar-refractivity contribution in [2.24, 2.45) is 10.7 Å². The van der Waals surface area contributed by atoms with Crippen LogP contribution in [0.1, 0.15) is 49.0 Å². The zero-order chi connectivity index (χ0) is 23.8. The zero-order valence-electron chi connectivity index (χ0n) is 19.2. The van der Waals surface area contributed by atoms with E-state index in [-0.39, 0.29) is 24.9 Å². The van der Waals surface area contributed by atoms with Gasteiger partial charge in [0.05, 0.1) is 17.9 Å². The van der Waals surface area contributed by atoms with Crippen LogP contribution < -0.4 is 5.73 Å². The molecule has 7 nitrogen and oxygen atoms in total. The second-order valence-corrected chi connectivity index (χ2v) is 7.89. The average Bonchev–Trinajstić information content (AvgIpc) is 2.99. The lowest BCUT2D eigenvalue weighted by Gasteiger charge is -2.23. The van der Waals surface area contributed by atoms with Crippen molar-refractivity contribution in [3.8, 4) is 11.1 Å². The van der Waals surface area contributed by atoms with Crippen LogP contribution in [-0.4, -0.2) is 54.0 Å². The highest BCUT2D eigenvalue weighted by atomic mass is 16.5. The first-order chi connectivity index (χ1) is 16.0. The zero-order valence-corrected chi connectivity index (χ0v) is 19.2. The van der Waals surface area contributed by atoms with Crippen LogP contribution in [0.2, 0.25) is 0 Å². The highest BCUT2D eigenvalue weighted by molar-refractivity contribution is 6.05. The molecule has 3 N–H and O–H groups in total. The summed E-state index contributed by atoms with van der Waals surface area (Å²) in [7, 11) is 0. The molecule has 1 amide bonds. The Labute approximate surface area is 194 Å².